The van der Waals surface area contributed by atoms with Crippen molar-refractivity contribution in [3.63, 3.8) is 0 Å². The summed E-state index contributed by atoms with van der Waals surface area (Å²) in [5.41, 5.74) is 2.01. The van der Waals surface area contributed by atoms with Crippen molar-refractivity contribution in [3.05, 3.63) is 106 Å². The molecule has 0 saturated heterocycles. The predicted octanol–water partition coefficient (Wildman–Crippen LogP) is 5.70. The third kappa shape index (κ3) is 52.2. The number of hydrogen-bond acceptors (Lipinski definition) is 38. The molecule has 53 nitrogen and oxygen atoms in total. The first-order valence-electron chi connectivity index (χ1n) is 47.1. The lowest BCUT2D eigenvalue weighted by Crippen LogP contribution is -2.25. The summed E-state index contributed by atoms with van der Waals surface area (Å²) in [6.45, 7) is 3.41. The minimum atomic E-state index is -4.41. The van der Waals surface area contributed by atoms with Gasteiger partial charge in [0.15, 0.2) is 46.0 Å². The first kappa shape index (κ1) is 123. The summed E-state index contributed by atoms with van der Waals surface area (Å²) >= 11 is 0. The number of rotatable bonds is 80. The fourth-order valence-corrected chi connectivity index (χ4v) is 17.2. The van der Waals surface area contributed by atoms with E-state index in [0.717, 1.165) is 6.42 Å². The molecular weight excluding hydrogens is 2110 g/mol. The monoisotopic (exact) mass is 2240 g/mol. The van der Waals surface area contributed by atoms with Gasteiger partial charge in [-0.1, -0.05) is 35.9 Å². The molecule has 7 aromatic rings. The second-order valence-electron chi connectivity index (χ2n) is 33.2. The summed E-state index contributed by atoms with van der Waals surface area (Å²) in [7, 11) is -35.1. The molecule has 7 rings (SSSR count). The molecule has 0 radical (unpaired) electrons. The fourth-order valence-electron chi connectivity index (χ4n) is 13.4. The van der Waals surface area contributed by atoms with Crippen LogP contribution < -0.4 is 78.1 Å². The smallest absolute Gasteiger partial charge is 0.264 e. The van der Waals surface area contributed by atoms with E-state index in [0.29, 0.717) is 120 Å². The maximum absolute atomic E-state index is 13.9. The summed E-state index contributed by atoms with van der Waals surface area (Å²) in [4.78, 5) is 55.1. The van der Waals surface area contributed by atoms with Crippen LogP contribution >= 0.6 is 0 Å². The van der Waals surface area contributed by atoms with Crippen molar-refractivity contribution in [2.24, 2.45) is 0 Å². The van der Waals surface area contributed by atoms with E-state index in [1.165, 1.54) is 36.4 Å². The van der Waals surface area contributed by atoms with Gasteiger partial charge in [-0.05, 0) is 190 Å². The molecule has 0 bridgehead atoms. The van der Waals surface area contributed by atoms with Crippen molar-refractivity contribution < 1.29 is 180 Å². The summed E-state index contributed by atoms with van der Waals surface area (Å²) in [6, 6.07) is 10.8. The molecule has 0 aliphatic heterocycles. The number of hydrogen-bond donors (Lipinski definition) is 12. The molecule has 3 heterocycles. The van der Waals surface area contributed by atoms with E-state index in [-0.39, 0.29) is 255 Å². The van der Waals surface area contributed by atoms with Gasteiger partial charge in [0.2, 0.25) is 23.0 Å². The first-order valence-corrected chi connectivity index (χ1v) is 60.0. The molecule has 4 amide bonds. The first-order chi connectivity index (χ1) is 69.5. The van der Waals surface area contributed by atoms with Crippen molar-refractivity contribution >= 4 is 105 Å². The van der Waals surface area contributed by atoms with Gasteiger partial charge in [-0.2, -0.15) is 67.3 Å². The van der Waals surface area contributed by atoms with Crippen LogP contribution in [0.2, 0.25) is 0 Å². The van der Waals surface area contributed by atoms with Crippen LogP contribution in [0.25, 0.3) is 0 Å². The van der Waals surface area contributed by atoms with Crippen LogP contribution in [0.15, 0.2) is 67.1 Å². The maximum atomic E-state index is 13.9. The van der Waals surface area contributed by atoms with E-state index in [2.05, 4.69) is 52.2 Å². The molecule has 12 N–H and O–H groups in total. The van der Waals surface area contributed by atoms with Crippen molar-refractivity contribution in [2.75, 3.05) is 151 Å². The Kier molecular flexibility index (Phi) is 51.8. The number of aromatic nitrogens is 9. The highest BCUT2D eigenvalue weighted by Crippen LogP contribution is 2.44. The van der Waals surface area contributed by atoms with Gasteiger partial charge in [-0.15, -0.1) is 15.3 Å². The van der Waals surface area contributed by atoms with E-state index in [9.17, 15) is 123 Å². The van der Waals surface area contributed by atoms with Gasteiger partial charge in [0.05, 0.1) is 142 Å². The molecule has 3 aromatic heterocycles. The van der Waals surface area contributed by atoms with E-state index in [1.54, 1.807) is 44.8 Å². The van der Waals surface area contributed by atoms with Crippen molar-refractivity contribution in [1.82, 2.24) is 66.2 Å². The average molecular weight is 2240 g/mol. The lowest BCUT2D eigenvalue weighted by Gasteiger charge is -2.19. The maximum Gasteiger partial charge on any atom is 0.264 e. The largest absolute Gasteiger partial charge is 0.490 e. The highest BCUT2D eigenvalue weighted by atomic mass is 32.2. The quantitative estimate of drug-likeness (QED) is 0.0161. The van der Waals surface area contributed by atoms with Gasteiger partial charge < -0.3 is 78.1 Å². The topological polar surface area (TPSA) is 754 Å². The number of amides is 4. The highest BCUT2D eigenvalue weighted by Gasteiger charge is 2.28. The number of benzene rings is 4. The van der Waals surface area contributed by atoms with Gasteiger partial charge in [0, 0.05) is 86.7 Å². The second kappa shape index (κ2) is 61.9. The molecule has 0 spiro atoms. The van der Waals surface area contributed by atoms with Gasteiger partial charge in [0.1, 0.15) is 0 Å². The lowest BCUT2D eigenvalue weighted by atomic mass is 10.1. The third-order valence-electron chi connectivity index (χ3n) is 20.4. The Morgan fingerprint density at radius 1 is 0.245 bits per heavy atom. The number of nitrogens with one attached hydrogen (secondary N) is 4. The van der Waals surface area contributed by atoms with Crippen LogP contribution in [0.1, 0.15) is 201 Å². The molecule has 0 unspecified atom stereocenters. The van der Waals surface area contributed by atoms with Crippen molar-refractivity contribution in [3.8, 4) is 69.0 Å². The zero-order chi connectivity index (χ0) is 108. The zero-order valence-electron chi connectivity index (χ0n) is 81.1. The Balaban J connectivity index is 1.01. The molecule has 0 fully saturated rings. The number of aryl methyl sites for hydroxylation is 6. The minimum absolute atomic E-state index is 0.0177. The average Bonchev–Trinajstić information content (AvgIpc) is 1.69. The minimum Gasteiger partial charge on any atom is -0.490 e. The third-order valence-corrected chi connectivity index (χ3v) is 26.8. The molecule has 826 valence electrons. The Labute approximate surface area is 853 Å². The van der Waals surface area contributed by atoms with Crippen LogP contribution in [-0.2, 0) is 120 Å². The van der Waals surface area contributed by atoms with Gasteiger partial charge in [-0.3, -0.25) is 69.6 Å². The summed E-state index contributed by atoms with van der Waals surface area (Å²) < 4.78 is 334. The Morgan fingerprint density at radius 2 is 0.429 bits per heavy atom. The van der Waals surface area contributed by atoms with Crippen LogP contribution in [0.4, 0.5) is 0 Å². The zero-order valence-corrected chi connectivity index (χ0v) is 87.7. The number of carbonyl (C=O) groups excluding carboxylic acids is 4. The molecule has 0 aliphatic rings. The van der Waals surface area contributed by atoms with Gasteiger partial charge in [0.25, 0.3) is 105 Å². The fraction of sp³-hybridized carbons (Fsp3) is 0.605. The summed E-state index contributed by atoms with van der Waals surface area (Å²) in [5, 5.41) is 37.1. The standard InChI is InChI=1S/C86H129N13O40S8/c1-3-5-33-136-79-73(130-37-15-45-140(104,105)106)55-65(56-74(79)131-38-16-46-141(107,108)109)84(101)88-27-14-32-99-63-70(93-96-99)25-8-11-36-137-80-71(128-34-9-6-23-68-61-97(94-91-68)30-12-28-89-85(102)66-57-75(132-39-17-47-142(110,111)112)81(138-43-21-51-146(122,123)124)76(58-66)133-40-18-48-143(113,114)115)53-64(83(100)87-26-4-2)54-72(80)129-35-10-7-24-69-62-98(95-92-69)31-13-29-90-86(103)67-59-77(134-41-19-49-144(116,117)118)82(139-44-22-52-147(125,126)127)78(60-67)135-42-20-50-145(119,120)121/h53-63H,3-52H2,1-2H3,(H,87,100)(H,88,101)(H,89,102)(H,90,103)(H,104,105,106)(H,107,108,109)(H,110,111,112)(H,113,114,115)(H,116,117,118)(H,119,120,121)(H,122,123,124)(H,125,126,127). The molecule has 61 heteroatoms. The van der Waals surface area contributed by atoms with Gasteiger partial charge >= 0.3 is 0 Å². The molecular formula is C86H129N13O40S8. The summed E-state index contributed by atoms with van der Waals surface area (Å²) in [6.07, 6.45) is 11.0. The SMILES string of the molecule is CCCCOc1c(OCCCS(=O)(=O)O)cc(C(=O)NCCCn2cc(CCCCOc3c(OCCCCc4cn(CCCNC(=O)c5cc(OCCCS(=O)(=O)O)c(OCCCS(=O)(=O)O)c(OCCCS(=O)(=O)O)c5)nn4)cc(C(=O)NCCC)cc3OCCCCc3cn(CCCNC(=O)c4cc(OCCCS(=O)(=O)O)c(OCCCS(=O)(=O)O)c(OCCCS(=O)(=O)O)c4)nn3)nn2)cc1OCCCS(=O)(=O)O. The Bertz CT molecular complexity index is 5910. The Morgan fingerprint density at radius 3 is 0.626 bits per heavy atom. The highest BCUT2D eigenvalue weighted by molar-refractivity contribution is 7.87. The number of unbranched alkanes of at least 4 members (excludes halogenated alkanes) is 4. The summed E-state index contributed by atoms with van der Waals surface area (Å²) in [5.74, 6) is -8.12. The van der Waals surface area contributed by atoms with E-state index in [1.807, 2.05) is 13.8 Å². The second-order valence-corrected chi connectivity index (χ2v) is 45.8. The van der Waals surface area contributed by atoms with E-state index >= 15 is 0 Å². The number of carbonyl (C=O) groups is 4. The van der Waals surface area contributed by atoms with Crippen LogP contribution in [0, 0.1) is 0 Å². The molecule has 147 heavy (non-hydrogen) atoms. The molecule has 0 aliphatic carbocycles. The molecule has 0 saturated carbocycles. The van der Waals surface area contributed by atoms with E-state index in [4.69, 9.17) is 56.8 Å². The van der Waals surface area contributed by atoms with Crippen LogP contribution in [0.3, 0.4) is 0 Å². The molecule has 4 aromatic carbocycles. The number of nitrogens with zero attached hydrogens (tertiary/aromatic N) is 9. The predicted molar refractivity (Wildman–Crippen MR) is 527 cm³/mol. The van der Waals surface area contributed by atoms with Crippen molar-refractivity contribution in [2.45, 2.75) is 181 Å². The molecule has 0 atom stereocenters. The lowest BCUT2D eigenvalue weighted by molar-refractivity contribution is 0.0943. The Hall–Kier alpha value is -10.9. The van der Waals surface area contributed by atoms with Crippen molar-refractivity contribution in [1.29, 1.82) is 0 Å². The van der Waals surface area contributed by atoms with Crippen LogP contribution in [-0.4, -0.2) is 324 Å². The van der Waals surface area contributed by atoms with Crippen LogP contribution in [0.5, 0.6) is 69.0 Å². The van der Waals surface area contributed by atoms with E-state index < -0.39 is 151 Å². The number of ether oxygens (including phenoxy) is 12. The normalized spacial score (nSPS) is 12.1. The van der Waals surface area contributed by atoms with Gasteiger partial charge in [-0.25, -0.2) is 0 Å².